The maximum absolute atomic E-state index is 8.57. The smallest absolute Gasteiger partial charge is 0.208 e. The van der Waals surface area contributed by atoms with E-state index in [1.807, 2.05) is 22.8 Å². The molecule has 0 aliphatic rings. The molecule has 2 rings (SSSR count). The molecular formula is C11H13ClN4O. The van der Waals surface area contributed by atoms with Gasteiger partial charge in [0.15, 0.2) is 5.82 Å². The van der Waals surface area contributed by atoms with Gasteiger partial charge in [0.05, 0.1) is 0 Å². The molecule has 2 aromatic heterocycles. The van der Waals surface area contributed by atoms with E-state index in [0.29, 0.717) is 6.04 Å². The molecule has 0 aromatic carbocycles. The van der Waals surface area contributed by atoms with Crippen molar-refractivity contribution >= 4 is 17.3 Å². The van der Waals surface area contributed by atoms with Crippen LogP contribution in [0.3, 0.4) is 0 Å². The van der Waals surface area contributed by atoms with Gasteiger partial charge in [-0.1, -0.05) is 6.07 Å². The normalized spacial score (nSPS) is 9.65. The molecule has 0 fully saturated rings. The molecular weight excluding hydrogens is 240 g/mol. The van der Waals surface area contributed by atoms with Crippen LogP contribution in [-0.4, -0.2) is 25.5 Å². The molecule has 2 heterocycles. The predicted molar refractivity (Wildman–Crippen MR) is 66.2 cm³/mol. The lowest BCUT2D eigenvalue weighted by atomic mass is 10.3. The molecule has 0 aliphatic carbocycles. The van der Waals surface area contributed by atoms with Crippen molar-refractivity contribution in [2.45, 2.75) is 19.9 Å². The average Bonchev–Trinajstić information content (AvgIpc) is 2.80. The molecule has 0 bridgehead atoms. The van der Waals surface area contributed by atoms with Crippen LogP contribution in [0.5, 0.6) is 0 Å². The van der Waals surface area contributed by atoms with Crippen molar-refractivity contribution in [3.63, 3.8) is 0 Å². The molecule has 17 heavy (non-hydrogen) atoms. The van der Waals surface area contributed by atoms with Gasteiger partial charge in [0.25, 0.3) is 0 Å². The second-order valence-electron chi connectivity index (χ2n) is 3.46. The summed E-state index contributed by atoms with van der Waals surface area (Å²) in [5.74, 6) is 1.04. The third-order valence-corrected chi connectivity index (χ3v) is 2.02. The Morgan fingerprint density at radius 3 is 2.65 bits per heavy atom. The Labute approximate surface area is 104 Å². The van der Waals surface area contributed by atoms with Crippen molar-refractivity contribution in [3.05, 3.63) is 30.7 Å². The first kappa shape index (κ1) is 13.3. The Balaban J connectivity index is 0.000000437. The lowest BCUT2D eigenvalue weighted by Gasteiger charge is -2.08. The number of pyridine rings is 1. The van der Waals surface area contributed by atoms with Gasteiger partial charge in [-0.3, -0.25) is 9.78 Å². The van der Waals surface area contributed by atoms with Crippen LogP contribution in [0.25, 0.3) is 11.5 Å². The molecule has 5 nitrogen and oxygen atoms in total. The van der Waals surface area contributed by atoms with Crippen LogP contribution in [0.1, 0.15) is 19.9 Å². The van der Waals surface area contributed by atoms with E-state index in [2.05, 4.69) is 40.6 Å². The van der Waals surface area contributed by atoms with Gasteiger partial charge in [0, 0.05) is 12.2 Å². The van der Waals surface area contributed by atoms with Crippen LogP contribution in [0.2, 0.25) is 0 Å². The fourth-order valence-corrected chi connectivity index (χ4v) is 1.30. The Hall–Kier alpha value is -1.75. The second kappa shape index (κ2) is 6.75. The maximum atomic E-state index is 8.57. The third-order valence-electron chi connectivity index (χ3n) is 2.02. The summed E-state index contributed by atoms with van der Waals surface area (Å²) in [6.45, 7) is 4.19. The minimum Gasteiger partial charge on any atom is -0.310 e. The Bertz CT molecular complexity index is 456. The highest BCUT2D eigenvalue weighted by atomic mass is 35.5. The van der Waals surface area contributed by atoms with Gasteiger partial charge < -0.3 is 4.57 Å². The topological polar surface area (TPSA) is 60.7 Å². The van der Waals surface area contributed by atoms with Gasteiger partial charge in [0.1, 0.15) is 12.0 Å². The number of halogens is 1. The molecule has 0 unspecified atom stereocenters. The molecule has 2 aromatic rings. The van der Waals surface area contributed by atoms with E-state index in [9.17, 15) is 0 Å². The first-order chi connectivity index (χ1) is 8.20. The van der Waals surface area contributed by atoms with Gasteiger partial charge >= 0.3 is 0 Å². The lowest BCUT2D eigenvalue weighted by Crippen LogP contribution is -2.02. The predicted octanol–water partition coefficient (Wildman–Crippen LogP) is 2.34. The number of carbonyl (C=O) groups excluding carboxylic acids is 1. The highest BCUT2D eigenvalue weighted by Gasteiger charge is 2.09. The minimum atomic E-state index is 0.222. The van der Waals surface area contributed by atoms with E-state index in [4.69, 9.17) is 4.79 Å². The van der Waals surface area contributed by atoms with E-state index in [1.165, 1.54) is 0 Å². The maximum Gasteiger partial charge on any atom is 0.208 e. The number of nitrogens with zero attached hydrogens (tertiary/aromatic N) is 4. The Morgan fingerprint density at radius 2 is 2.12 bits per heavy atom. The van der Waals surface area contributed by atoms with E-state index in [1.54, 1.807) is 12.5 Å². The van der Waals surface area contributed by atoms with Crippen molar-refractivity contribution in [2.75, 3.05) is 0 Å². The average molecular weight is 253 g/mol. The van der Waals surface area contributed by atoms with Crippen molar-refractivity contribution in [1.82, 2.24) is 19.7 Å². The van der Waals surface area contributed by atoms with Crippen molar-refractivity contribution in [2.24, 2.45) is 0 Å². The third kappa shape index (κ3) is 3.64. The minimum absolute atomic E-state index is 0.222. The molecule has 0 saturated heterocycles. The summed E-state index contributed by atoms with van der Waals surface area (Å²) in [6, 6.07) is 6.12. The van der Waals surface area contributed by atoms with Crippen LogP contribution >= 0.6 is 11.6 Å². The number of aromatic nitrogens is 4. The molecule has 0 radical (unpaired) electrons. The van der Waals surface area contributed by atoms with E-state index >= 15 is 0 Å². The van der Waals surface area contributed by atoms with Gasteiger partial charge in [-0.05, 0) is 37.6 Å². The summed E-state index contributed by atoms with van der Waals surface area (Å²) in [7, 11) is 0. The summed E-state index contributed by atoms with van der Waals surface area (Å²) in [5, 5.41) is 7.95. The van der Waals surface area contributed by atoms with Gasteiger partial charge in [-0.15, -0.1) is 10.2 Å². The Morgan fingerprint density at radius 1 is 1.41 bits per heavy atom. The van der Waals surface area contributed by atoms with Crippen molar-refractivity contribution < 1.29 is 4.79 Å². The highest BCUT2D eigenvalue weighted by Crippen LogP contribution is 2.16. The first-order valence-corrected chi connectivity index (χ1v) is 5.49. The fraction of sp³-hybridized carbons (Fsp3) is 0.273. The molecule has 0 spiro atoms. The largest absolute Gasteiger partial charge is 0.310 e. The van der Waals surface area contributed by atoms with Crippen LogP contribution in [0, 0.1) is 0 Å². The zero-order valence-electron chi connectivity index (χ0n) is 9.62. The van der Waals surface area contributed by atoms with E-state index in [0.717, 1.165) is 11.5 Å². The zero-order chi connectivity index (χ0) is 12.7. The van der Waals surface area contributed by atoms with Gasteiger partial charge in [-0.25, -0.2) is 0 Å². The molecule has 0 amide bonds. The molecule has 0 N–H and O–H groups in total. The quantitative estimate of drug-likeness (QED) is 0.608. The number of rotatable bonds is 2. The molecule has 0 saturated carbocycles. The van der Waals surface area contributed by atoms with E-state index in [-0.39, 0.29) is 5.75 Å². The van der Waals surface area contributed by atoms with Crippen LogP contribution in [-0.2, 0) is 4.79 Å². The van der Waals surface area contributed by atoms with Crippen LogP contribution in [0.15, 0.2) is 30.7 Å². The Kier molecular flexibility index (Phi) is 5.29. The van der Waals surface area contributed by atoms with Crippen LogP contribution < -0.4 is 0 Å². The SMILES string of the molecule is CC(C)n1cnnc1-c1ccccn1.O=CCl. The number of hydrogen-bond donors (Lipinski definition) is 0. The summed E-state index contributed by atoms with van der Waals surface area (Å²) in [5.41, 5.74) is 0.860. The standard InChI is InChI=1S/C10H12N4.CHClO/c1-8(2)14-7-12-13-10(14)9-5-3-4-6-11-9;2-1-3/h3-8H,1-2H3;1H. The zero-order valence-corrected chi connectivity index (χ0v) is 10.4. The van der Waals surface area contributed by atoms with E-state index < -0.39 is 0 Å². The summed E-state index contributed by atoms with van der Waals surface area (Å²) >= 11 is 4.32. The molecule has 0 atom stereocenters. The lowest BCUT2D eigenvalue weighted by molar-refractivity contribution is 0.569. The molecule has 6 heteroatoms. The highest BCUT2D eigenvalue weighted by molar-refractivity contribution is 6.54. The van der Waals surface area contributed by atoms with Gasteiger partial charge in [0.2, 0.25) is 5.75 Å². The number of hydrogen-bond acceptors (Lipinski definition) is 4. The number of carbonyl (C=O) groups is 1. The van der Waals surface area contributed by atoms with Crippen molar-refractivity contribution in [3.8, 4) is 11.5 Å². The summed E-state index contributed by atoms with van der Waals surface area (Å²) < 4.78 is 2.00. The summed E-state index contributed by atoms with van der Waals surface area (Å²) in [6.07, 6.45) is 3.49. The van der Waals surface area contributed by atoms with Crippen LogP contribution in [0.4, 0.5) is 0 Å². The molecule has 0 aliphatic heterocycles. The second-order valence-corrected chi connectivity index (χ2v) is 3.64. The summed E-state index contributed by atoms with van der Waals surface area (Å²) in [4.78, 5) is 12.8. The monoisotopic (exact) mass is 252 g/mol. The van der Waals surface area contributed by atoms with Crippen molar-refractivity contribution in [1.29, 1.82) is 0 Å². The first-order valence-electron chi connectivity index (χ1n) is 5.05. The fourth-order valence-electron chi connectivity index (χ4n) is 1.30. The van der Waals surface area contributed by atoms with Gasteiger partial charge in [-0.2, -0.15) is 0 Å². The molecule has 90 valence electrons.